The van der Waals surface area contributed by atoms with Gasteiger partial charge in [-0.25, -0.2) is 13.2 Å². The zero-order valence-electron chi connectivity index (χ0n) is 9.95. The molecule has 0 fully saturated rings. The lowest BCUT2D eigenvalue weighted by Crippen LogP contribution is -2.16. The topological polar surface area (TPSA) is 52.9 Å². The Morgan fingerprint density at radius 2 is 1.75 bits per heavy atom. The number of anilines is 1. The summed E-state index contributed by atoms with van der Waals surface area (Å²) >= 11 is 0. The zero-order chi connectivity index (χ0) is 14.7. The van der Waals surface area contributed by atoms with Crippen LogP contribution in [0.1, 0.15) is 15.9 Å². The fourth-order valence-electron chi connectivity index (χ4n) is 1.62. The van der Waals surface area contributed by atoms with Gasteiger partial charge in [-0.1, -0.05) is 6.07 Å². The van der Waals surface area contributed by atoms with Crippen LogP contribution in [0.2, 0.25) is 0 Å². The molecule has 1 N–H and O–H groups in total. The summed E-state index contributed by atoms with van der Waals surface area (Å²) in [6, 6.07) is 7.76. The molecule has 0 aliphatic carbocycles. The minimum absolute atomic E-state index is 0.0263. The van der Waals surface area contributed by atoms with Gasteiger partial charge in [0.2, 0.25) is 0 Å². The molecule has 0 radical (unpaired) electrons. The fraction of sp³-hybridized carbons (Fsp3) is 0. The second kappa shape index (κ2) is 5.45. The maximum atomic E-state index is 13.4. The predicted molar refractivity (Wildman–Crippen MR) is 65.4 cm³/mol. The smallest absolute Gasteiger partial charge is 0.261 e. The molecule has 0 aromatic heterocycles. The summed E-state index contributed by atoms with van der Waals surface area (Å²) in [4.78, 5) is 11.8. The highest BCUT2D eigenvalue weighted by atomic mass is 19.1. The molecule has 0 heterocycles. The lowest BCUT2D eigenvalue weighted by molar-refractivity contribution is 0.101. The van der Waals surface area contributed by atoms with Gasteiger partial charge in [-0.15, -0.1) is 0 Å². The number of benzene rings is 2. The Bertz CT molecular complexity index is 703. The van der Waals surface area contributed by atoms with E-state index in [9.17, 15) is 18.0 Å². The molecule has 0 aliphatic rings. The van der Waals surface area contributed by atoms with E-state index in [0.29, 0.717) is 0 Å². The van der Waals surface area contributed by atoms with Crippen molar-refractivity contribution in [2.24, 2.45) is 0 Å². The molecule has 0 spiro atoms. The van der Waals surface area contributed by atoms with Crippen LogP contribution in [0.3, 0.4) is 0 Å². The molecule has 2 rings (SSSR count). The summed E-state index contributed by atoms with van der Waals surface area (Å²) in [7, 11) is 0. The van der Waals surface area contributed by atoms with Gasteiger partial charge in [-0.2, -0.15) is 5.26 Å². The first-order chi connectivity index (χ1) is 9.52. The molecular formula is C14H7F3N2O. The highest BCUT2D eigenvalue weighted by Gasteiger charge is 2.18. The normalized spacial score (nSPS) is 9.90. The van der Waals surface area contributed by atoms with Crippen LogP contribution in [0.4, 0.5) is 18.9 Å². The standard InChI is InChI=1S/C14H7F3N2O/c15-9-4-5-12(8(6-9)7-18)19-14(20)13-10(16)2-1-3-11(13)17/h1-6H,(H,19,20). The molecule has 3 nitrogen and oxygen atoms in total. The second-order valence-electron chi connectivity index (χ2n) is 3.85. The summed E-state index contributed by atoms with van der Waals surface area (Å²) in [5.74, 6) is -3.76. The van der Waals surface area contributed by atoms with Gasteiger partial charge < -0.3 is 5.32 Å². The van der Waals surface area contributed by atoms with Crippen LogP contribution in [-0.2, 0) is 0 Å². The summed E-state index contributed by atoms with van der Waals surface area (Å²) in [6.07, 6.45) is 0. The van der Waals surface area contributed by atoms with E-state index < -0.39 is 28.9 Å². The van der Waals surface area contributed by atoms with Gasteiger partial charge >= 0.3 is 0 Å². The van der Waals surface area contributed by atoms with E-state index in [2.05, 4.69) is 5.32 Å². The number of nitrogens with zero attached hydrogens (tertiary/aromatic N) is 1. The first kappa shape index (κ1) is 13.6. The summed E-state index contributed by atoms with van der Waals surface area (Å²) in [5.41, 5.74) is -0.933. The maximum absolute atomic E-state index is 13.4. The van der Waals surface area contributed by atoms with Gasteiger partial charge in [0.1, 0.15) is 29.1 Å². The number of halogens is 3. The quantitative estimate of drug-likeness (QED) is 0.915. The van der Waals surface area contributed by atoms with E-state index in [0.717, 1.165) is 36.4 Å². The molecule has 0 unspecified atom stereocenters. The van der Waals surface area contributed by atoms with Crippen molar-refractivity contribution in [3.63, 3.8) is 0 Å². The van der Waals surface area contributed by atoms with Crippen LogP contribution >= 0.6 is 0 Å². The van der Waals surface area contributed by atoms with Crippen molar-refractivity contribution in [1.82, 2.24) is 0 Å². The molecule has 2 aromatic carbocycles. The van der Waals surface area contributed by atoms with Crippen molar-refractivity contribution >= 4 is 11.6 Å². The van der Waals surface area contributed by atoms with E-state index >= 15 is 0 Å². The van der Waals surface area contributed by atoms with Crippen molar-refractivity contribution in [1.29, 1.82) is 5.26 Å². The van der Waals surface area contributed by atoms with E-state index in [1.165, 1.54) is 0 Å². The van der Waals surface area contributed by atoms with Gasteiger partial charge in [0.05, 0.1) is 11.3 Å². The average Bonchev–Trinajstić information content (AvgIpc) is 2.40. The maximum Gasteiger partial charge on any atom is 0.261 e. The predicted octanol–water partition coefficient (Wildman–Crippen LogP) is 3.23. The molecule has 100 valence electrons. The van der Waals surface area contributed by atoms with Crippen LogP contribution in [0.25, 0.3) is 0 Å². The Morgan fingerprint density at radius 1 is 1.10 bits per heavy atom. The SMILES string of the molecule is N#Cc1cc(F)ccc1NC(=O)c1c(F)cccc1F. The number of hydrogen-bond donors (Lipinski definition) is 1. The molecule has 1 amide bonds. The lowest BCUT2D eigenvalue weighted by atomic mass is 10.1. The number of nitriles is 1. The van der Waals surface area contributed by atoms with E-state index in [-0.39, 0.29) is 11.3 Å². The molecule has 0 saturated heterocycles. The van der Waals surface area contributed by atoms with Crippen molar-refractivity contribution in [2.75, 3.05) is 5.32 Å². The van der Waals surface area contributed by atoms with Gasteiger partial charge in [-0.3, -0.25) is 4.79 Å². The third-order valence-corrected chi connectivity index (χ3v) is 2.54. The molecule has 0 bridgehead atoms. The number of carbonyl (C=O) groups is 1. The van der Waals surface area contributed by atoms with Gasteiger partial charge in [-0.05, 0) is 30.3 Å². The fourth-order valence-corrected chi connectivity index (χ4v) is 1.62. The molecule has 0 saturated carbocycles. The number of hydrogen-bond acceptors (Lipinski definition) is 2. The Balaban J connectivity index is 2.36. The van der Waals surface area contributed by atoms with E-state index in [1.807, 2.05) is 0 Å². The lowest BCUT2D eigenvalue weighted by Gasteiger charge is -2.08. The molecule has 20 heavy (non-hydrogen) atoms. The Hall–Kier alpha value is -2.81. The van der Waals surface area contributed by atoms with Gasteiger partial charge in [0, 0.05) is 0 Å². The summed E-state index contributed by atoms with van der Waals surface area (Å²) < 4.78 is 39.8. The van der Waals surface area contributed by atoms with Crippen LogP contribution in [-0.4, -0.2) is 5.91 Å². The highest BCUT2D eigenvalue weighted by molar-refractivity contribution is 6.05. The van der Waals surface area contributed by atoms with Crippen molar-refractivity contribution in [3.05, 3.63) is 65.0 Å². The van der Waals surface area contributed by atoms with E-state index in [4.69, 9.17) is 5.26 Å². The number of amides is 1. The molecule has 0 atom stereocenters. The number of rotatable bonds is 2. The molecule has 0 aliphatic heterocycles. The van der Waals surface area contributed by atoms with Crippen molar-refractivity contribution in [2.45, 2.75) is 0 Å². The molecule has 2 aromatic rings. The largest absolute Gasteiger partial charge is 0.321 e. The Labute approximate surface area is 112 Å². The first-order valence-electron chi connectivity index (χ1n) is 5.48. The summed E-state index contributed by atoms with van der Waals surface area (Å²) in [5, 5.41) is 11.0. The number of nitrogens with one attached hydrogen (secondary N) is 1. The number of carbonyl (C=O) groups excluding carboxylic acids is 1. The van der Waals surface area contributed by atoms with E-state index in [1.54, 1.807) is 6.07 Å². The van der Waals surface area contributed by atoms with Crippen molar-refractivity contribution in [3.8, 4) is 6.07 Å². The minimum Gasteiger partial charge on any atom is -0.321 e. The first-order valence-corrected chi connectivity index (χ1v) is 5.48. The molecular weight excluding hydrogens is 269 g/mol. The van der Waals surface area contributed by atoms with Crippen molar-refractivity contribution < 1.29 is 18.0 Å². The second-order valence-corrected chi connectivity index (χ2v) is 3.85. The molecule has 6 heteroatoms. The zero-order valence-corrected chi connectivity index (χ0v) is 9.95. The van der Waals surface area contributed by atoms with Crippen LogP contribution < -0.4 is 5.32 Å². The van der Waals surface area contributed by atoms with Crippen LogP contribution in [0.15, 0.2) is 36.4 Å². The van der Waals surface area contributed by atoms with Gasteiger partial charge in [0.25, 0.3) is 5.91 Å². The Morgan fingerprint density at radius 3 is 2.35 bits per heavy atom. The summed E-state index contributed by atoms with van der Waals surface area (Å²) in [6.45, 7) is 0. The average molecular weight is 276 g/mol. The minimum atomic E-state index is -1.05. The monoisotopic (exact) mass is 276 g/mol. The Kier molecular flexibility index (Phi) is 3.71. The van der Waals surface area contributed by atoms with Gasteiger partial charge in [0.15, 0.2) is 0 Å². The third kappa shape index (κ3) is 2.62. The van der Waals surface area contributed by atoms with Crippen LogP contribution in [0, 0.1) is 28.8 Å². The highest BCUT2D eigenvalue weighted by Crippen LogP contribution is 2.19. The van der Waals surface area contributed by atoms with Crippen LogP contribution in [0.5, 0.6) is 0 Å². The third-order valence-electron chi connectivity index (χ3n) is 2.54.